The molecule has 0 amide bonds. The zero-order valence-electron chi connectivity index (χ0n) is 26.8. The van der Waals surface area contributed by atoms with Gasteiger partial charge in [-0.2, -0.15) is 0 Å². The molecule has 0 atom stereocenters. The van der Waals surface area contributed by atoms with Crippen LogP contribution in [-0.2, 0) is 0 Å². The van der Waals surface area contributed by atoms with Crippen LogP contribution in [0.15, 0.2) is 132 Å². The largest absolute Gasteiger partial charge is 0.113 e. The normalized spacial score (nSPS) is 16.0. The SMILES string of the molecule is C[Si](C)(C1=C(CC2=Cc3cccc4cccc2c34)[CH]c2ccccc21)C1=C(CC2=Cc3cccc4cccc2c34)[CH]c2ccccc21. The van der Waals surface area contributed by atoms with Crippen molar-refractivity contribution in [2.45, 2.75) is 25.9 Å². The van der Waals surface area contributed by atoms with Crippen LogP contribution in [0.25, 0.3) is 55.2 Å². The summed E-state index contributed by atoms with van der Waals surface area (Å²) in [4.78, 5) is 0. The van der Waals surface area contributed by atoms with Gasteiger partial charge in [0, 0.05) is 12.8 Å². The summed E-state index contributed by atoms with van der Waals surface area (Å²) >= 11 is 0. The van der Waals surface area contributed by atoms with Crippen molar-refractivity contribution in [2.75, 3.05) is 0 Å². The molecule has 0 unspecified atom stereocenters. The molecule has 0 aromatic heterocycles. The van der Waals surface area contributed by atoms with Gasteiger partial charge in [-0.05, 0) is 100 Å². The molecular formula is C46H34Si. The Labute approximate surface area is 278 Å². The predicted octanol–water partition coefficient (Wildman–Crippen LogP) is 12.0. The second kappa shape index (κ2) is 10.0. The Balaban J connectivity index is 1.12. The molecule has 0 saturated heterocycles. The molecule has 10 rings (SSSR count). The number of benzene rings is 6. The maximum atomic E-state index is 2.61. The van der Waals surface area contributed by atoms with Crippen LogP contribution in [0, 0.1) is 12.8 Å². The summed E-state index contributed by atoms with van der Waals surface area (Å²) in [5.74, 6) is 0. The first-order valence-electron chi connectivity index (χ1n) is 16.9. The van der Waals surface area contributed by atoms with E-state index >= 15 is 0 Å². The topological polar surface area (TPSA) is 0 Å². The van der Waals surface area contributed by atoms with Crippen molar-refractivity contribution in [3.05, 3.63) is 190 Å². The Hall–Kier alpha value is -4.98. The third-order valence-corrected chi connectivity index (χ3v) is 14.7. The molecule has 6 aromatic rings. The molecular weight excluding hydrogens is 581 g/mol. The lowest BCUT2D eigenvalue weighted by Crippen LogP contribution is -2.31. The lowest BCUT2D eigenvalue weighted by molar-refractivity contribution is 1.29. The Morgan fingerprint density at radius 2 is 0.787 bits per heavy atom. The summed E-state index contributed by atoms with van der Waals surface area (Å²) in [5, 5.41) is 8.68. The standard InChI is InChI=1S/C46H34Si/c1-47(2,45-37(23-31-11-3-5-19-41(31)45)27-35-25-33-17-7-13-29-15-9-21-39(35)43(29)33)46-38(24-32-12-4-6-20-42(32)46)28-36-26-34-18-8-14-30-16-10-22-40(36)44(30)34/h3-26H,27-28H2,1-2H3. The zero-order valence-corrected chi connectivity index (χ0v) is 27.8. The van der Waals surface area contributed by atoms with Crippen LogP contribution in [0.2, 0.25) is 13.1 Å². The van der Waals surface area contributed by atoms with Crippen LogP contribution in [0.3, 0.4) is 0 Å². The maximum absolute atomic E-state index is 2.61. The van der Waals surface area contributed by atoms with Crippen molar-refractivity contribution in [3.63, 3.8) is 0 Å². The molecule has 0 aliphatic heterocycles. The molecule has 0 nitrogen and oxygen atoms in total. The zero-order chi connectivity index (χ0) is 31.3. The lowest BCUT2D eigenvalue weighted by Gasteiger charge is -2.31. The van der Waals surface area contributed by atoms with Crippen LogP contribution in [0.1, 0.15) is 57.3 Å². The Morgan fingerprint density at radius 1 is 0.404 bits per heavy atom. The minimum absolute atomic E-state index is 0.949. The average Bonchev–Trinajstić information content (AvgIpc) is 3.84. The highest BCUT2D eigenvalue weighted by Gasteiger charge is 2.42. The van der Waals surface area contributed by atoms with Crippen molar-refractivity contribution < 1.29 is 0 Å². The quantitative estimate of drug-likeness (QED) is 0.164. The van der Waals surface area contributed by atoms with Crippen LogP contribution in [0.5, 0.6) is 0 Å². The van der Waals surface area contributed by atoms with E-state index in [1.165, 1.54) is 88.3 Å². The first kappa shape index (κ1) is 27.2. The molecule has 0 heterocycles. The Bertz CT molecular complexity index is 2290. The van der Waals surface area contributed by atoms with Crippen molar-refractivity contribution in [1.82, 2.24) is 0 Å². The van der Waals surface area contributed by atoms with Gasteiger partial charge in [-0.15, -0.1) is 0 Å². The molecule has 4 aliphatic carbocycles. The van der Waals surface area contributed by atoms with Crippen LogP contribution in [-0.4, -0.2) is 8.07 Å². The van der Waals surface area contributed by atoms with E-state index in [0.717, 1.165) is 12.8 Å². The average molecular weight is 615 g/mol. The number of rotatable bonds is 6. The van der Waals surface area contributed by atoms with Crippen LogP contribution >= 0.6 is 0 Å². The van der Waals surface area contributed by atoms with Gasteiger partial charge in [0.05, 0.1) is 0 Å². The molecule has 6 aromatic carbocycles. The minimum Gasteiger partial charge on any atom is -0.0619 e. The van der Waals surface area contributed by atoms with Gasteiger partial charge in [0.15, 0.2) is 0 Å². The molecule has 1 heteroatoms. The van der Waals surface area contributed by atoms with E-state index in [2.05, 4.69) is 159 Å². The molecule has 222 valence electrons. The van der Waals surface area contributed by atoms with Gasteiger partial charge in [-0.3, -0.25) is 0 Å². The minimum atomic E-state index is -2.25. The number of hydrogen-bond acceptors (Lipinski definition) is 0. The molecule has 0 spiro atoms. The van der Waals surface area contributed by atoms with E-state index in [1.54, 1.807) is 10.4 Å². The van der Waals surface area contributed by atoms with Gasteiger partial charge in [0.2, 0.25) is 0 Å². The lowest BCUT2D eigenvalue weighted by atomic mass is 9.97. The summed E-state index contributed by atoms with van der Waals surface area (Å²) in [6.07, 6.45) is 11.8. The summed E-state index contributed by atoms with van der Waals surface area (Å²) in [6.45, 7) is 5.22. The van der Waals surface area contributed by atoms with E-state index in [0.29, 0.717) is 0 Å². The fourth-order valence-corrected chi connectivity index (χ4v) is 13.2. The van der Waals surface area contributed by atoms with E-state index < -0.39 is 8.07 Å². The smallest absolute Gasteiger partial charge is 0.0619 e. The van der Waals surface area contributed by atoms with Gasteiger partial charge >= 0.3 is 0 Å². The highest BCUT2D eigenvalue weighted by atomic mass is 28.3. The fraction of sp³-hybridized carbons (Fsp3) is 0.0870. The first-order valence-corrected chi connectivity index (χ1v) is 19.9. The Kier molecular flexibility index (Phi) is 5.78. The van der Waals surface area contributed by atoms with Crippen molar-refractivity contribution in [2.24, 2.45) is 0 Å². The van der Waals surface area contributed by atoms with Crippen molar-refractivity contribution in [3.8, 4) is 0 Å². The predicted molar refractivity (Wildman–Crippen MR) is 204 cm³/mol. The van der Waals surface area contributed by atoms with Gasteiger partial charge in [-0.1, -0.05) is 158 Å². The summed E-state index contributed by atoms with van der Waals surface area (Å²) in [7, 11) is -2.25. The number of fused-ring (bicyclic) bond motifs is 2. The molecule has 0 bridgehead atoms. The third-order valence-electron chi connectivity index (χ3n) is 11.0. The van der Waals surface area contributed by atoms with Crippen molar-refractivity contribution in [1.29, 1.82) is 0 Å². The van der Waals surface area contributed by atoms with E-state index in [-0.39, 0.29) is 0 Å². The van der Waals surface area contributed by atoms with Gasteiger partial charge in [0.25, 0.3) is 0 Å². The van der Waals surface area contributed by atoms with Crippen molar-refractivity contribution >= 4 is 63.3 Å². The van der Waals surface area contributed by atoms with E-state index in [9.17, 15) is 0 Å². The summed E-state index contributed by atoms with van der Waals surface area (Å²) in [5.41, 5.74) is 17.0. The molecule has 0 N–H and O–H groups in total. The molecule has 0 saturated carbocycles. The number of allylic oxidation sites excluding steroid dienone is 4. The molecule has 47 heavy (non-hydrogen) atoms. The molecule has 4 aliphatic rings. The van der Waals surface area contributed by atoms with Crippen LogP contribution < -0.4 is 0 Å². The molecule has 0 fully saturated rings. The van der Waals surface area contributed by atoms with Gasteiger partial charge in [-0.25, -0.2) is 0 Å². The Morgan fingerprint density at radius 3 is 1.26 bits per heavy atom. The van der Waals surface area contributed by atoms with Crippen LogP contribution in [0.4, 0.5) is 0 Å². The van der Waals surface area contributed by atoms with Gasteiger partial charge in [0.1, 0.15) is 8.07 Å². The highest BCUT2D eigenvalue weighted by molar-refractivity contribution is 7.09. The summed E-state index contributed by atoms with van der Waals surface area (Å²) in [6, 6.07) is 45.3. The second-order valence-corrected chi connectivity index (χ2v) is 18.3. The third kappa shape index (κ3) is 4.00. The van der Waals surface area contributed by atoms with Gasteiger partial charge < -0.3 is 0 Å². The van der Waals surface area contributed by atoms with E-state index in [1.807, 2.05) is 0 Å². The maximum Gasteiger partial charge on any atom is 0.113 e. The monoisotopic (exact) mass is 614 g/mol. The van der Waals surface area contributed by atoms with E-state index in [4.69, 9.17) is 0 Å². The summed E-state index contributed by atoms with van der Waals surface area (Å²) < 4.78 is 0. The second-order valence-electron chi connectivity index (χ2n) is 14.1. The first-order chi connectivity index (χ1) is 23.0. The highest BCUT2D eigenvalue weighted by Crippen LogP contribution is 2.53. The fourth-order valence-electron chi connectivity index (χ4n) is 9.20. The molecule has 2 radical (unpaired) electrons. The number of hydrogen-bond donors (Lipinski definition) is 0.